The number of pyridine rings is 1. The predicted molar refractivity (Wildman–Crippen MR) is 74.8 cm³/mol. The Morgan fingerprint density at radius 3 is 2.94 bits per heavy atom. The maximum atomic E-state index is 5.17. The molecule has 94 valence electrons. The van der Waals surface area contributed by atoms with E-state index in [2.05, 4.69) is 29.8 Å². The first kappa shape index (κ1) is 12.8. The minimum atomic E-state index is 0.593. The van der Waals surface area contributed by atoms with E-state index in [1.165, 1.54) is 50.0 Å². The molecular weight excluding hydrogens is 228 g/mol. The number of likely N-dealkylation sites (tertiary alicyclic amines) is 1. The number of hydrogen-bond donors (Lipinski definition) is 1. The summed E-state index contributed by atoms with van der Waals surface area (Å²) in [6, 6.07) is 4.83. The fraction of sp³-hybridized carbons (Fsp3) is 0.643. The van der Waals surface area contributed by atoms with E-state index in [0.29, 0.717) is 6.04 Å². The number of aromatic amines is 1. The van der Waals surface area contributed by atoms with Crippen molar-refractivity contribution in [3.05, 3.63) is 28.0 Å². The van der Waals surface area contributed by atoms with Gasteiger partial charge in [0.15, 0.2) is 0 Å². The molecular formula is C14H22N2S. The number of rotatable bonds is 3. The van der Waals surface area contributed by atoms with Crippen LogP contribution in [0.2, 0.25) is 0 Å². The van der Waals surface area contributed by atoms with Gasteiger partial charge in [0.05, 0.1) is 0 Å². The van der Waals surface area contributed by atoms with Gasteiger partial charge >= 0.3 is 0 Å². The summed E-state index contributed by atoms with van der Waals surface area (Å²) in [7, 11) is 0. The first-order valence-electron chi connectivity index (χ1n) is 6.66. The lowest BCUT2D eigenvalue weighted by Crippen LogP contribution is -2.34. The third-order valence-corrected chi connectivity index (χ3v) is 3.88. The van der Waals surface area contributed by atoms with Gasteiger partial charge in [-0.05, 0) is 50.9 Å². The van der Waals surface area contributed by atoms with Crippen LogP contribution in [0, 0.1) is 11.6 Å². The van der Waals surface area contributed by atoms with E-state index < -0.39 is 0 Å². The van der Waals surface area contributed by atoms with E-state index in [-0.39, 0.29) is 0 Å². The highest BCUT2D eigenvalue weighted by molar-refractivity contribution is 7.71. The van der Waals surface area contributed by atoms with E-state index in [4.69, 9.17) is 12.2 Å². The molecule has 0 spiro atoms. The van der Waals surface area contributed by atoms with Gasteiger partial charge in [0, 0.05) is 11.7 Å². The number of nitrogens with zero attached hydrogens (tertiary/aromatic N) is 1. The smallest absolute Gasteiger partial charge is 0.103 e. The van der Waals surface area contributed by atoms with Crippen molar-refractivity contribution in [3.8, 4) is 0 Å². The zero-order valence-corrected chi connectivity index (χ0v) is 11.6. The van der Waals surface area contributed by atoms with Crippen molar-refractivity contribution in [3.63, 3.8) is 0 Å². The fourth-order valence-corrected chi connectivity index (χ4v) is 3.07. The Morgan fingerprint density at radius 1 is 1.41 bits per heavy atom. The SMILES string of the molecule is CCCN1CCCC[C@@H]1c1ccc(=S)[nH]c1C. The monoisotopic (exact) mass is 250 g/mol. The third kappa shape index (κ3) is 2.96. The van der Waals surface area contributed by atoms with Crippen LogP contribution in [0.5, 0.6) is 0 Å². The van der Waals surface area contributed by atoms with Crippen LogP contribution >= 0.6 is 12.2 Å². The van der Waals surface area contributed by atoms with Gasteiger partial charge in [-0.25, -0.2) is 0 Å². The minimum Gasteiger partial charge on any atom is -0.350 e. The molecule has 0 unspecified atom stereocenters. The summed E-state index contributed by atoms with van der Waals surface area (Å²) in [4.78, 5) is 5.91. The Balaban J connectivity index is 2.26. The second kappa shape index (κ2) is 5.78. The van der Waals surface area contributed by atoms with E-state index in [0.717, 1.165) is 4.64 Å². The number of nitrogens with one attached hydrogen (secondary N) is 1. The molecule has 0 saturated carbocycles. The summed E-state index contributed by atoms with van der Waals surface area (Å²) in [6.07, 6.45) is 5.21. The topological polar surface area (TPSA) is 19.0 Å². The molecule has 2 heterocycles. The van der Waals surface area contributed by atoms with Crippen LogP contribution in [0.3, 0.4) is 0 Å². The highest BCUT2D eigenvalue weighted by atomic mass is 32.1. The molecule has 0 aromatic carbocycles. The molecule has 2 nitrogen and oxygen atoms in total. The van der Waals surface area contributed by atoms with E-state index in [9.17, 15) is 0 Å². The Morgan fingerprint density at radius 2 is 2.24 bits per heavy atom. The number of aromatic nitrogens is 1. The average molecular weight is 250 g/mol. The molecule has 0 aliphatic carbocycles. The van der Waals surface area contributed by atoms with Crippen molar-refractivity contribution in [2.24, 2.45) is 0 Å². The third-order valence-electron chi connectivity index (χ3n) is 3.64. The van der Waals surface area contributed by atoms with Crippen LogP contribution in [0.1, 0.15) is 49.9 Å². The van der Waals surface area contributed by atoms with Crippen molar-refractivity contribution in [2.75, 3.05) is 13.1 Å². The molecule has 1 aliphatic heterocycles. The van der Waals surface area contributed by atoms with Gasteiger partial charge in [-0.2, -0.15) is 0 Å². The van der Waals surface area contributed by atoms with Gasteiger partial charge in [-0.15, -0.1) is 0 Å². The molecule has 1 N–H and O–H groups in total. The Bertz CT molecular complexity index is 422. The number of H-pyrrole nitrogens is 1. The van der Waals surface area contributed by atoms with Gasteiger partial charge in [0.1, 0.15) is 4.64 Å². The second-order valence-electron chi connectivity index (χ2n) is 4.95. The minimum absolute atomic E-state index is 0.593. The lowest BCUT2D eigenvalue weighted by Gasteiger charge is -2.36. The van der Waals surface area contributed by atoms with Crippen LogP contribution in [-0.2, 0) is 0 Å². The zero-order chi connectivity index (χ0) is 12.3. The maximum Gasteiger partial charge on any atom is 0.103 e. The highest BCUT2D eigenvalue weighted by Crippen LogP contribution is 2.31. The van der Waals surface area contributed by atoms with Crippen LogP contribution in [0.4, 0.5) is 0 Å². The second-order valence-corrected chi connectivity index (χ2v) is 5.39. The van der Waals surface area contributed by atoms with E-state index in [1.807, 2.05) is 6.07 Å². The molecule has 2 rings (SSSR count). The number of aryl methyl sites for hydroxylation is 1. The molecule has 0 amide bonds. The van der Waals surface area contributed by atoms with Gasteiger partial charge in [0.2, 0.25) is 0 Å². The normalized spacial score (nSPS) is 21.6. The van der Waals surface area contributed by atoms with Gasteiger partial charge in [-0.3, -0.25) is 4.90 Å². The quantitative estimate of drug-likeness (QED) is 0.818. The van der Waals surface area contributed by atoms with Crippen LogP contribution in [-0.4, -0.2) is 23.0 Å². The summed E-state index contributed by atoms with van der Waals surface area (Å²) >= 11 is 5.17. The molecule has 1 aromatic rings. The van der Waals surface area contributed by atoms with Gasteiger partial charge in [0.25, 0.3) is 0 Å². The van der Waals surface area contributed by atoms with Crippen molar-refractivity contribution in [2.45, 2.75) is 45.6 Å². The molecule has 1 fully saturated rings. The molecule has 17 heavy (non-hydrogen) atoms. The Hall–Kier alpha value is -0.670. The first-order chi connectivity index (χ1) is 8.22. The maximum absolute atomic E-state index is 5.17. The largest absolute Gasteiger partial charge is 0.350 e. The van der Waals surface area contributed by atoms with Crippen molar-refractivity contribution in [1.82, 2.24) is 9.88 Å². The molecule has 1 aromatic heterocycles. The average Bonchev–Trinajstić information content (AvgIpc) is 2.31. The molecule has 1 aliphatic rings. The lowest BCUT2D eigenvalue weighted by atomic mass is 9.94. The van der Waals surface area contributed by atoms with Crippen LogP contribution in [0.15, 0.2) is 12.1 Å². The van der Waals surface area contributed by atoms with Gasteiger partial charge < -0.3 is 4.98 Å². The van der Waals surface area contributed by atoms with Crippen molar-refractivity contribution >= 4 is 12.2 Å². The Labute approximate surface area is 109 Å². The fourth-order valence-electron chi connectivity index (χ4n) is 2.85. The molecule has 1 saturated heterocycles. The molecule has 3 heteroatoms. The molecule has 1 atom stereocenters. The van der Waals surface area contributed by atoms with Crippen molar-refractivity contribution in [1.29, 1.82) is 0 Å². The summed E-state index contributed by atoms with van der Waals surface area (Å²) in [5.41, 5.74) is 2.68. The highest BCUT2D eigenvalue weighted by Gasteiger charge is 2.24. The van der Waals surface area contributed by atoms with Crippen LogP contribution in [0.25, 0.3) is 0 Å². The Kier molecular flexibility index (Phi) is 4.35. The summed E-state index contributed by atoms with van der Waals surface area (Å²) in [5, 5.41) is 0. The molecule has 0 bridgehead atoms. The number of piperidine rings is 1. The van der Waals surface area contributed by atoms with E-state index >= 15 is 0 Å². The van der Waals surface area contributed by atoms with E-state index in [1.54, 1.807) is 0 Å². The summed E-state index contributed by atoms with van der Waals surface area (Å²) in [6.45, 7) is 6.86. The predicted octanol–water partition coefficient (Wildman–Crippen LogP) is 3.99. The van der Waals surface area contributed by atoms with Crippen LogP contribution < -0.4 is 0 Å². The standard InChI is InChI=1S/C14H22N2S/c1-3-9-16-10-5-4-6-13(16)12-7-8-14(17)15-11(12)2/h7-8,13H,3-6,9-10H2,1-2H3,(H,15,17)/t13-/m1/s1. The van der Waals surface area contributed by atoms with Crippen molar-refractivity contribution < 1.29 is 0 Å². The van der Waals surface area contributed by atoms with Gasteiger partial charge in [-0.1, -0.05) is 31.6 Å². The first-order valence-corrected chi connectivity index (χ1v) is 7.07. The molecule has 0 radical (unpaired) electrons. The summed E-state index contributed by atoms with van der Waals surface area (Å²) < 4.78 is 0.837. The zero-order valence-electron chi connectivity index (χ0n) is 10.8. The summed E-state index contributed by atoms with van der Waals surface area (Å²) in [5.74, 6) is 0. The number of hydrogen-bond acceptors (Lipinski definition) is 2. The lowest BCUT2D eigenvalue weighted by molar-refractivity contribution is 0.148.